The summed E-state index contributed by atoms with van der Waals surface area (Å²) in [6.07, 6.45) is -4.19. The number of aliphatic hydroxyl groups excluding tert-OH is 2. The van der Waals surface area contributed by atoms with Gasteiger partial charge in [-0.05, 0) is 13.8 Å². The summed E-state index contributed by atoms with van der Waals surface area (Å²) in [5.41, 5.74) is 0. The average molecular weight is 365 g/mol. The summed E-state index contributed by atoms with van der Waals surface area (Å²) in [6.45, 7) is 3.49. The first kappa shape index (κ1) is 17.5. The van der Waals surface area contributed by atoms with Gasteiger partial charge < -0.3 is 29.7 Å². The van der Waals surface area contributed by atoms with Crippen LogP contribution in [0.2, 0.25) is 0 Å². The molecule has 2 heterocycles. The van der Waals surface area contributed by atoms with E-state index in [0.29, 0.717) is 0 Å². The quantitative estimate of drug-likeness (QED) is 0.570. The summed E-state index contributed by atoms with van der Waals surface area (Å²) < 4.78 is 14.0. The van der Waals surface area contributed by atoms with Crippen molar-refractivity contribution in [2.45, 2.75) is 54.1 Å². The van der Waals surface area contributed by atoms with Crippen LogP contribution >= 0.6 is 34.8 Å². The van der Waals surface area contributed by atoms with Crippen molar-refractivity contribution >= 4 is 40.7 Å². The van der Waals surface area contributed by atoms with Crippen LogP contribution in [-0.4, -0.2) is 63.0 Å². The summed E-state index contributed by atoms with van der Waals surface area (Å²) >= 11 is 16.3. The lowest BCUT2D eigenvalue weighted by atomic mass is 9.95. The number of rotatable bonds is 1. The van der Waals surface area contributed by atoms with Crippen molar-refractivity contribution in [3.8, 4) is 0 Å². The zero-order valence-corrected chi connectivity index (χ0v) is 13.5. The van der Waals surface area contributed by atoms with Gasteiger partial charge >= 0.3 is 0 Å². The molecule has 0 radical (unpaired) electrons. The van der Waals surface area contributed by atoms with E-state index in [4.69, 9.17) is 49.0 Å². The monoisotopic (exact) mass is 363 g/mol. The van der Waals surface area contributed by atoms with E-state index in [2.05, 4.69) is 5.32 Å². The molecule has 2 rings (SSSR count). The number of nitrogens with one attached hydrogen (secondary N) is 1. The third-order valence-corrected chi connectivity index (χ3v) is 3.78. The largest absolute Gasteiger partial charge is 0.388 e. The molecule has 122 valence electrons. The van der Waals surface area contributed by atoms with Crippen LogP contribution in [0, 0.1) is 0 Å². The van der Waals surface area contributed by atoms with Crippen LogP contribution in [0.1, 0.15) is 13.8 Å². The molecule has 2 saturated heterocycles. The van der Waals surface area contributed by atoms with Gasteiger partial charge in [-0.25, -0.2) is 0 Å². The number of carbonyl (C=O) groups excluding carboxylic acids is 1. The Morgan fingerprint density at radius 2 is 1.95 bits per heavy atom. The van der Waals surface area contributed by atoms with Crippen LogP contribution in [0.15, 0.2) is 0 Å². The maximum absolute atomic E-state index is 11.7. The first-order chi connectivity index (χ1) is 9.51. The van der Waals surface area contributed by atoms with Gasteiger partial charge in [0, 0.05) is 0 Å². The number of alkyl halides is 3. The second-order valence-corrected chi connectivity index (χ2v) is 7.63. The van der Waals surface area contributed by atoms with Crippen LogP contribution in [-0.2, 0) is 19.0 Å². The lowest BCUT2D eigenvalue weighted by molar-refractivity contribution is -0.364. The Balaban J connectivity index is 2.11. The van der Waals surface area contributed by atoms with Crippen LogP contribution in [0.25, 0.3) is 0 Å². The number of aliphatic hydroxyl groups is 2. The number of carbonyl (C=O) groups is 1. The molecule has 0 aromatic carbocycles. The normalized spacial score (nSPS) is 39.5. The molecule has 2 fully saturated rings. The highest BCUT2D eigenvalue weighted by Gasteiger charge is 2.51. The molecule has 7 nitrogen and oxygen atoms in total. The van der Waals surface area contributed by atoms with E-state index in [0.717, 1.165) is 0 Å². The van der Waals surface area contributed by atoms with Crippen molar-refractivity contribution in [3.63, 3.8) is 0 Å². The Kier molecular flexibility index (Phi) is 4.98. The van der Waals surface area contributed by atoms with Gasteiger partial charge in [-0.3, -0.25) is 4.79 Å². The van der Waals surface area contributed by atoms with E-state index in [9.17, 15) is 15.0 Å². The minimum atomic E-state index is -2.22. The van der Waals surface area contributed by atoms with E-state index < -0.39 is 46.1 Å². The Labute approximate surface area is 136 Å². The van der Waals surface area contributed by atoms with Gasteiger partial charge in [0.2, 0.25) is 0 Å². The molecule has 21 heavy (non-hydrogen) atoms. The molecule has 5 atom stereocenters. The smallest absolute Gasteiger partial charge is 0.272 e. The molecule has 0 aliphatic carbocycles. The highest BCUT2D eigenvalue weighted by atomic mass is 35.6. The number of ether oxygens (including phenoxy) is 3. The Morgan fingerprint density at radius 1 is 1.33 bits per heavy atom. The standard InChI is InChI=1S/C11H16Cl3NO6/c1-10(2)19-3-4-7(21-10)6(16)5(8(17)20-4)15-9(18)11(12,13)14/h4-8,16-17H,3H2,1-2H3,(H,15,18)/t4-,5-,6-,7-,8-/m1/s1. The molecular formula is C11H16Cl3NO6. The van der Waals surface area contributed by atoms with Gasteiger partial charge in [0.05, 0.1) is 6.61 Å². The molecule has 3 N–H and O–H groups in total. The maximum atomic E-state index is 11.7. The highest BCUT2D eigenvalue weighted by Crippen LogP contribution is 2.33. The third-order valence-electron chi connectivity index (χ3n) is 3.26. The Morgan fingerprint density at radius 3 is 2.52 bits per heavy atom. The van der Waals surface area contributed by atoms with Gasteiger partial charge in [-0.1, -0.05) is 34.8 Å². The molecule has 0 aromatic rings. The van der Waals surface area contributed by atoms with Crippen LogP contribution in [0.3, 0.4) is 0 Å². The summed E-state index contributed by atoms with van der Waals surface area (Å²) in [5.74, 6) is -1.90. The van der Waals surface area contributed by atoms with E-state index in [-0.39, 0.29) is 6.61 Å². The summed E-state index contributed by atoms with van der Waals surface area (Å²) in [4.78, 5) is 11.7. The van der Waals surface area contributed by atoms with Crippen molar-refractivity contribution < 1.29 is 29.2 Å². The first-order valence-electron chi connectivity index (χ1n) is 6.22. The molecule has 0 unspecified atom stereocenters. The fourth-order valence-corrected chi connectivity index (χ4v) is 2.41. The van der Waals surface area contributed by atoms with E-state index in [1.54, 1.807) is 13.8 Å². The molecule has 2 aliphatic rings. The average Bonchev–Trinajstić information content (AvgIpc) is 2.34. The zero-order valence-electron chi connectivity index (χ0n) is 11.3. The van der Waals surface area contributed by atoms with E-state index in [1.807, 2.05) is 0 Å². The van der Waals surface area contributed by atoms with Crippen molar-refractivity contribution in [2.24, 2.45) is 0 Å². The molecule has 1 amide bonds. The SMILES string of the molecule is CC1(C)OC[C@H]2O[C@@H](O)[C@H](NC(=O)C(Cl)(Cl)Cl)[C@@H](O)[C@@H]2O1. The fraction of sp³-hybridized carbons (Fsp3) is 0.909. The van der Waals surface area contributed by atoms with Gasteiger partial charge in [-0.15, -0.1) is 0 Å². The molecule has 0 saturated carbocycles. The van der Waals surface area contributed by atoms with Crippen molar-refractivity contribution in [1.82, 2.24) is 5.32 Å². The third kappa shape index (κ3) is 3.92. The number of halogens is 3. The zero-order chi connectivity index (χ0) is 16.0. The Bertz CT molecular complexity index is 415. The Hall–Kier alpha value is 0.140. The van der Waals surface area contributed by atoms with Gasteiger partial charge in [0.1, 0.15) is 24.4 Å². The lowest BCUT2D eigenvalue weighted by Crippen LogP contribution is -2.68. The number of hydrogen-bond donors (Lipinski definition) is 3. The molecule has 2 aliphatic heterocycles. The fourth-order valence-electron chi connectivity index (χ4n) is 2.25. The number of fused-ring (bicyclic) bond motifs is 1. The lowest BCUT2D eigenvalue weighted by Gasteiger charge is -2.49. The van der Waals surface area contributed by atoms with Crippen LogP contribution in [0.5, 0.6) is 0 Å². The predicted octanol–water partition coefficient (Wildman–Crippen LogP) is 0.0710. The highest BCUT2D eigenvalue weighted by molar-refractivity contribution is 6.76. The minimum Gasteiger partial charge on any atom is -0.388 e. The van der Waals surface area contributed by atoms with Crippen molar-refractivity contribution in [1.29, 1.82) is 0 Å². The van der Waals surface area contributed by atoms with E-state index >= 15 is 0 Å². The van der Waals surface area contributed by atoms with E-state index in [1.165, 1.54) is 0 Å². The van der Waals surface area contributed by atoms with Crippen molar-refractivity contribution in [2.75, 3.05) is 6.61 Å². The number of hydrogen-bond acceptors (Lipinski definition) is 6. The van der Waals surface area contributed by atoms with Crippen LogP contribution in [0.4, 0.5) is 0 Å². The predicted molar refractivity (Wildman–Crippen MR) is 74.0 cm³/mol. The summed E-state index contributed by atoms with van der Waals surface area (Å²) in [5, 5.41) is 22.4. The molecule has 10 heteroatoms. The molecular weight excluding hydrogens is 348 g/mol. The van der Waals surface area contributed by atoms with Gasteiger partial charge in [-0.2, -0.15) is 0 Å². The first-order valence-corrected chi connectivity index (χ1v) is 7.36. The maximum Gasteiger partial charge on any atom is 0.272 e. The topological polar surface area (TPSA) is 97.2 Å². The molecule has 0 aromatic heterocycles. The summed E-state index contributed by atoms with van der Waals surface area (Å²) in [7, 11) is 0. The van der Waals surface area contributed by atoms with Crippen LogP contribution < -0.4 is 5.32 Å². The van der Waals surface area contributed by atoms with Crippen molar-refractivity contribution in [3.05, 3.63) is 0 Å². The second kappa shape index (κ2) is 5.98. The van der Waals surface area contributed by atoms with Gasteiger partial charge in [0.25, 0.3) is 9.70 Å². The van der Waals surface area contributed by atoms with Gasteiger partial charge in [0.15, 0.2) is 12.1 Å². The number of amides is 1. The summed E-state index contributed by atoms with van der Waals surface area (Å²) in [6, 6.07) is -1.19. The second-order valence-electron chi connectivity index (χ2n) is 5.35. The molecule has 0 bridgehead atoms. The molecule has 0 spiro atoms. The minimum absolute atomic E-state index is 0.136.